The second kappa shape index (κ2) is 9.27. The van der Waals surface area contributed by atoms with Crippen LogP contribution in [0.15, 0.2) is 24.3 Å². The standard InChI is InChI=1S/C18H27N3O3/c1-21(12-17(22)19-14-7-4-3-5-8-14)13-18(23)20-15-9-6-10-16(11-15)24-2/h6,9-11,14H,3-5,7-8,12-13H2,1-2H3,(H,19,22)(H,20,23). The molecule has 1 fully saturated rings. The predicted molar refractivity (Wildman–Crippen MR) is 94.1 cm³/mol. The van der Waals surface area contributed by atoms with Crippen LogP contribution in [0.25, 0.3) is 0 Å². The number of nitrogens with zero attached hydrogens (tertiary/aromatic N) is 1. The minimum absolute atomic E-state index is 0.0152. The molecule has 1 aliphatic carbocycles. The lowest BCUT2D eigenvalue weighted by atomic mass is 9.95. The summed E-state index contributed by atoms with van der Waals surface area (Å²) >= 11 is 0. The molecule has 0 heterocycles. The van der Waals surface area contributed by atoms with Gasteiger partial charge in [0.1, 0.15) is 5.75 Å². The Hall–Kier alpha value is -2.08. The Morgan fingerprint density at radius 3 is 2.58 bits per heavy atom. The predicted octanol–water partition coefficient (Wildman–Crippen LogP) is 2.01. The lowest BCUT2D eigenvalue weighted by molar-refractivity contribution is -0.123. The molecule has 6 nitrogen and oxygen atoms in total. The highest BCUT2D eigenvalue weighted by atomic mass is 16.5. The first-order valence-corrected chi connectivity index (χ1v) is 8.48. The number of hydrogen-bond acceptors (Lipinski definition) is 4. The number of amides is 2. The number of likely N-dealkylation sites (N-methyl/N-ethyl adjacent to an activating group) is 1. The van der Waals surface area contributed by atoms with Crippen LogP contribution >= 0.6 is 0 Å². The molecule has 0 radical (unpaired) electrons. The fourth-order valence-corrected chi connectivity index (χ4v) is 2.97. The van der Waals surface area contributed by atoms with Gasteiger partial charge in [-0.1, -0.05) is 25.3 Å². The Bertz CT molecular complexity index is 556. The van der Waals surface area contributed by atoms with E-state index in [0.717, 1.165) is 12.8 Å². The highest BCUT2D eigenvalue weighted by Crippen LogP contribution is 2.17. The van der Waals surface area contributed by atoms with Gasteiger partial charge >= 0.3 is 0 Å². The molecule has 0 saturated heterocycles. The van der Waals surface area contributed by atoms with Gasteiger partial charge in [-0.25, -0.2) is 0 Å². The molecule has 1 aromatic rings. The fourth-order valence-electron chi connectivity index (χ4n) is 2.97. The minimum atomic E-state index is -0.156. The monoisotopic (exact) mass is 333 g/mol. The molecule has 2 amide bonds. The maximum atomic E-state index is 12.1. The van der Waals surface area contributed by atoms with Crippen molar-refractivity contribution < 1.29 is 14.3 Å². The van der Waals surface area contributed by atoms with Crippen molar-refractivity contribution in [2.75, 3.05) is 32.6 Å². The van der Waals surface area contributed by atoms with Crippen LogP contribution in [-0.2, 0) is 9.59 Å². The Labute approximate surface area is 143 Å². The molecule has 0 unspecified atom stereocenters. The Kier molecular flexibility index (Phi) is 7.06. The van der Waals surface area contributed by atoms with E-state index in [1.54, 1.807) is 31.2 Å². The zero-order valence-electron chi connectivity index (χ0n) is 14.5. The normalized spacial score (nSPS) is 15.1. The molecule has 1 aromatic carbocycles. The largest absolute Gasteiger partial charge is 0.497 e. The number of hydrogen-bond donors (Lipinski definition) is 2. The molecule has 24 heavy (non-hydrogen) atoms. The van der Waals surface area contributed by atoms with E-state index in [4.69, 9.17) is 4.74 Å². The summed E-state index contributed by atoms with van der Waals surface area (Å²) in [5, 5.41) is 5.87. The van der Waals surface area contributed by atoms with Crippen LogP contribution in [0.4, 0.5) is 5.69 Å². The first-order chi connectivity index (χ1) is 11.6. The van der Waals surface area contributed by atoms with Gasteiger partial charge in [-0.3, -0.25) is 14.5 Å². The number of methoxy groups -OCH3 is 1. The van der Waals surface area contributed by atoms with E-state index in [9.17, 15) is 9.59 Å². The maximum Gasteiger partial charge on any atom is 0.238 e. The lowest BCUT2D eigenvalue weighted by Crippen LogP contribution is -2.43. The molecule has 132 valence electrons. The quantitative estimate of drug-likeness (QED) is 0.801. The molecule has 2 N–H and O–H groups in total. The summed E-state index contributed by atoms with van der Waals surface area (Å²) in [5.74, 6) is 0.516. The number of anilines is 1. The van der Waals surface area contributed by atoms with Crippen molar-refractivity contribution in [2.45, 2.75) is 38.1 Å². The number of rotatable bonds is 7. The van der Waals surface area contributed by atoms with Crippen molar-refractivity contribution in [3.63, 3.8) is 0 Å². The number of carbonyl (C=O) groups is 2. The molecule has 1 saturated carbocycles. The van der Waals surface area contributed by atoms with E-state index in [0.29, 0.717) is 17.5 Å². The molecular formula is C18H27N3O3. The minimum Gasteiger partial charge on any atom is -0.497 e. The van der Waals surface area contributed by atoms with Gasteiger partial charge in [0.15, 0.2) is 0 Å². The van der Waals surface area contributed by atoms with Gasteiger partial charge in [-0.05, 0) is 32.0 Å². The molecule has 0 atom stereocenters. The van der Waals surface area contributed by atoms with Crippen molar-refractivity contribution in [1.82, 2.24) is 10.2 Å². The van der Waals surface area contributed by atoms with Gasteiger partial charge in [-0.15, -0.1) is 0 Å². The van der Waals surface area contributed by atoms with Crippen LogP contribution in [0.1, 0.15) is 32.1 Å². The number of benzene rings is 1. The van der Waals surface area contributed by atoms with Gasteiger partial charge in [0, 0.05) is 17.8 Å². The first kappa shape index (κ1) is 18.3. The maximum absolute atomic E-state index is 12.1. The van der Waals surface area contributed by atoms with Gasteiger partial charge < -0.3 is 15.4 Å². The second-order valence-corrected chi connectivity index (χ2v) is 6.35. The summed E-state index contributed by atoms with van der Waals surface area (Å²) in [6.07, 6.45) is 5.75. The average molecular weight is 333 g/mol. The third-order valence-electron chi connectivity index (χ3n) is 4.15. The third-order valence-corrected chi connectivity index (χ3v) is 4.15. The van der Waals surface area contributed by atoms with Crippen LogP contribution in [-0.4, -0.2) is 50.0 Å². The smallest absolute Gasteiger partial charge is 0.238 e. The highest BCUT2D eigenvalue weighted by molar-refractivity contribution is 5.92. The summed E-state index contributed by atoms with van der Waals surface area (Å²) in [4.78, 5) is 25.8. The van der Waals surface area contributed by atoms with Gasteiger partial charge in [0.25, 0.3) is 0 Å². The second-order valence-electron chi connectivity index (χ2n) is 6.35. The van der Waals surface area contributed by atoms with Crippen LogP contribution in [0.2, 0.25) is 0 Å². The molecule has 1 aliphatic rings. The zero-order valence-corrected chi connectivity index (χ0v) is 14.5. The topological polar surface area (TPSA) is 70.7 Å². The SMILES string of the molecule is COc1cccc(NC(=O)CN(C)CC(=O)NC2CCCCC2)c1. The van der Waals surface area contributed by atoms with Gasteiger partial charge in [-0.2, -0.15) is 0 Å². The van der Waals surface area contributed by atoms with Crippen molar-refractivity contribution in [1.29, 1.82) is 0 Å². The molecule has 0 spiro atoms. The Morgan fingerprint density at radius 1 is 1.17 bits per heavy atom. The summed E-state index contributed by atoms with van der Waals surface area (Å²) < 4.78 is 5.13. The van der Waals surface area contributed by atoms with Crippen molar-refractivity contribution >= 4 is 17.5 Å². The van der Waals surface area contributed by atoms with Gasteiger partial charge in [0.2, 0.25) is 11.8 Å². The number of nitrogens with one attached hydrogen (secondary N) is 2. The van der Waals surface area contributed by atoms with Crippen molar-refractivity contribution in [2.24, 2.45) is 0 Å². The van der Waals surface area contributed by atoms with E-state index in [1.807, 2.05) is 12.1 Å². The molecule has 0 aromatic heterocycles. The van der Waals surface area contributed by atoms with E-state index in [2.05, 4.69) is 10.6 Å². The molecule has 2 rings (SSSR count). The third kappa shape index (κ3) is 6.20. The van der Waals surface area contributed by atoms with Crippen LogP contribution in [0.3, 0.4) is 0 Å². The summed E-state index contributed by atoms with van der Waals surface area (Å²) in [7, 11) is 3.35. The average Bonchev–Trinajstić information content (AvgIpc) is 2.55. The van der Waals surface area contributed by atoms with Crippen molar-refractivity contribution in [3.05, 3.63) is 24.3 Å². The van der Waals surface area contributed by atoms with E-state index in [1.165, 1.54) is 19.3 Å². The Morgan fingerprint density at radius 2 is 1.88 bits per heavy atom. The van der Waals surface area contributed by atoms with E-state index in [-0.39, 0.29) is 24.9 Å². The molecule has 0 bridgehead atoms. The van der Waals surface area contributed by atoms with Crippen molar-refractivity contribution in [3.8, 4) is 5.75 Å². The zero-order chi connectivity index (χ0) is 17.4. The number of carbonyl (C=O) groups excluding carboxylic acids is 2. The lowest BCUT2D eigenvalue weighted by Gasteiger charge is -2.24. The molecule has 0 aliphatic heterocycles. The van der Waals surface area contributed by atoms with E-state index >= 15 is 0 Å². The molecular weight excluding hydrogens is 306 g/mol. The van der Waals surface area contributed by atoms with Gasteiger partial charge in [0.05, 0.1) is 20.2 Å². The fraction of sp³-hybridized carbons (Fsp3) is 0.556. The van der Waals surface area contributed by atoms with E-state index < -0.39 is 0 Å². The summed E-state index contributed by atoms with van der Waals surface area (Å²) in [6.45, 7) is 0.386. The van der Waals surface area contributed by atoms with Crippen LogP contribution < -0.4 is 15.4 Å². The molecule has 6 heteroatoms. The first-order valence-electron chi connectivity index (χ1n) is 8.48. The summed E-state index contributed by atoms with van der Waals surface area (Å²) in [5.41, 5.74) is 0.680. The summed E-state index contributed by atoms with van der Waals surface area (Å²) in [6, 6.07) is 7.49. The van der Waals surface area contributed by atoms with Crippen LogP contribution in [0.5, 0.6) is 5.75 Å². The number of ether oxygens (including phenoxy) is 1. The Balaban J connectivity index is 1.73. The highest BCUT2D eigenvalue weighted by Gasteiger charge is 2.17. The van der Waals surface area contributed by atoms with Crippen LogP contribution in [0, 0.1) is 0 Å².